The summed E-state index contributed by atoms with van der Waals surface area (Å²) in [6.07, 6.45) is 1.61. The summed E-state index contributed by atoms with van der Waals surface area (Å²) in [6.45, 7) is 1.78. The van der Waals surface area contributed by atoms with E-state index in [1.165, 1.54) is 12.1 Å². The van der Waals surface area contributed by atoms with Crippen LogP contribution >= 0.6 is 11.6 Å². The summed E-state index contributed by atoms with van der Waals surface area (Å²) in [4.78, 5) is 4.18. The van der Waals surface area contributed by atoms with Gasteiger partial charge in [0.25, 0.3) is 0 Å². The van der Waals surface area contributed by atoms with Gasteiger partial charge in [-0.1, -0.05) is 17.7 Å². The summed E-state index contributed by atoms with van der Waals surface area (Å²) in [5.41, 5.74) is 7.06. The topological polar surface area (TPSA) is 85.1 Å². The van der Waals surface area contributed by atoms with Crippen LogP contribution in [0, 0.1) is 6.92 Å². The Hall–Kier alpha value is -1.63. The largest absolute Gasteiger partial charge is 0.397 e. The summed E-state index contributed by atoms with van der Waals surface area (Å²) in [6, 6.07) is 8.19. The molecule has 0 atom stereocenters. The minimum absolute atomic E-state index is 0.116. The van der Waals surface area contributed by atoms with E-state index in [1.54, 1.807) is 31.3 Å². The van der Waals surface area contributed by atoms with Crippen LogP contribution in [0.4, 0.5) is 5.69 Å². The van der Waals surface area contributed by atoms with Crippen molar-refractivity contribution < 1.29 is 8.42 Å². The van der Waals surface area contributed by atoms with E-state index in [0.29, 0.717) is 16.3 Å². The smallest absolute Gasteiger partial charge is 0.241 e. The Bertz CT molecular complexity index is 718. The number of aryl methyl sites for hydroxylation is 1. The first-order valence-electron chi connectivity index (χ1n) is 5.85. The molecule has 0 fully saturated rings. The number of hydrogen-bond donors (Lipinski definition) is 2. The second kappa shape index (κ2) is 5.78. The Morgan fingerprint density at radius 2 is 2.10 bits per heavy atom. The zero-order valence-electron chi connectivity index (χ0n) is 10.8. The molecule has 1 heterocycles. The number of rotatable bonds is 4. The number of nitrogens with two attached hydrogens (primary N) is 1. The fraction of sp³-hybridized carbons (Fsp3) is 0.154. The van der Waals surface area contributed by atoms with Gasteiger partial charge in [-0.05, 0) is 36.8 Å². The van der Waals surface area contributed by atoms with Crippen LogP contribution in [0.1, 0.15) is 11.3 Å². The quantitative estimate of drug-likeness (QED) is 0.847. The molecule has 0 unspecified atom stereocenters. The lowest BCUT2D eigenvalue weighted by molar-refractivity contribution is 0.580. The highest BCUT2D eigenvalue weighted by molar-refractivity contribution is 7.89. The number of nitrogens with one attached hydrogen (secondary N) is 1. The molecular formula is C13H14ClN3O2S. The number of hydrogen-bond acceptors (Lipinski definition) is 4. The van der Waals surface area contributed by atoms with Crippen LogP contribution in [0.15, 0.2) is 41.4 Å². The number of aromatic nitrogens is 1. The van der Waals surface area contributed by atoms with Gasteiger partial charge < -0.3 is 5.73 Å². The first-order valence-corrected chi connectivity index (χ1v) is 7.71. The van der Waals surface area contributed by atoms with Gasteiger partial charge in [0.1, 0.15) is 0 Å². The molecule has 3 N–H and O–H groups in total. The molecule has 7 heteroatoms. The number of benzene rings is 1. The maximum Gasteiger partial charge on any atom is 0.241 e. The van der Waals surface area contributed by atoms with Crippen molar-refractivity contribution >= 4 is 27.3 Å². The van der Waals surface area contributed by atoms with Crippen LogP contribution in [0.25, 0.3) is 0 Å². The van der Waals surface area contributed by atoms with Gasteiger partial charge in [0.15, 0.2) is 0 Å². The maximum absolute atomic E-state index is 12.3. The van der Waals surface area contributed by atoms with E-state index in [0.717, 1.165) is 0 Å². The molecule has 0 aliphatic carbocycles. The lowest BCUT2D eigenvalue weighted by atomic mass is 10.2. The van der Waals surface area contributed by atoms with Crippen molar-refractivity contribution in [2.24, 2.45) is 0 Å². The Morgan fingerprint density at radius 1 is 1.35 bits per heavy atom. The minimum atomic E-state index is -3.66. The Labute approximate surface area is 122 Å². The van der Waals surface area contributed by atoms with E-state index in [4.69, 9.17) is 17.3 Å². The first-order chi connectivity index (χ1) is 9.40. The molecule has 0 spiro atoms. The molecule has 2 aromatic rings. The number of halogens is 1. The summed E-state index contributed by atoms with van der Waals surface area (Å²) in [5.74, 6) is 0. The first kappa shape index (κ1) is 14.8. The maximum atomic E-state index is 12.3. The number of pyridine rings is 1. The molecule has 106 valence electrons. The van der Waals surface area contributed by atoms with Crippen molar-refractivity contribution in [1.82, 2.24) is 9.71 Å². The van der Waals surface area contributed by atoms with Crippen LogP contribution in [0.3, 0.4) is 0 Å². The summed E-state index contributed by atoms with van der Waals surface area (Å²) >= 11 is 5.86. The van der Waals surface area contributed by atoms with Crippen molar-refractivity contribution in [1.29, 1.82) is 0 Å². The summed E-state index contributed by atoms with van der Waals surface area (Å²) in [5, 5.41) is 0.339. The van der Waals surface area contributed by atoms with Crippen molar-refractivity contribution in [2.45, 2.75) is 18.4 Å². The highest BCUT2D eigenvalue weighted by Crippen LogP contribution is 2.26. The standard InChI is InChI=1S/C13H14ClN3O2S/c1-9-6-11(14)12(15)7-13(9)20(18,19)17-8-10-4-2-3-5-16-10/h2-7,17H,8,15H2,1H3. The van der Waals surface area contributed by atoms with E-state index in [-0.39, 0.29) is 17.1 Å². The van der Waals surface area contributed by atoms with Crippen LogP contribution < -0.4 is 10.5 Å². The van der Waals surface area contributed by atoms with Gasteiger partial charge in [-0.2, -0.15) is 0 Å². The van der Waals surface area contributed by atoms with Gasteiger partial charge in [0.05, 0.1) is 27.8 Å². The molecule has 0 saturated heterocycles. The molecule has 2 rings (SSSR count). The van der Waals surface area contributed by atoms with E-state index in [9.17, 15) is 8.42 Å². The molecule has 0 bridgehead atoms. The van der Waals surface area contributed by atoms with E-state index < -0.39 is 10.0 Å². The number of anilines is 1. The number of nitrogen functional groups attached to an aromatic ring is 1. The zero-order valence-corrected chi connectivity index (χ0v) is 12.4. The minimum Gasteiger partial charge on any atom is -0.397 e. The molecule has 1 aromatic heterocycles. The molecule has 0 radical (unpaired) electrons. The molecule has 0 amide bonds. The van der Waals surface area contributed by atoms with E-state index in [2.05, 4.69) is 9.71 Å². The van der Waals surface area contributed by atoms with E-state index in [1.807, 2.05) is 0 Å². The van der Waals surface area contributed by atoms with Crippen LogP contribution in [-0.4, -0.2) is 13.4 Å². The molecule has 5 nitrogen and oxygen atoms in total. The van der Waals surface area contributed by atoms with Crippen LogP contribution in [-0.2, 0) is 16.6 Å². The fourth-order valence-corrected chi connectivity index (χ4v) is 3.18. The van der Waals surface area contributed by atoms with Gasteiger partial charge in [0.2, 0.25) is 10.0 Å². The Balaban J connectivity index is 2.25. The van der Waals surface area contributed by atoms with Gasteiger partial charge in [-0.25, -0.2) is 13.1 Å². The van der Waals surface area contributed by atoms with Gasteiger partial charge in [-0.3, -0.25) is 4.98 Å². The molecule has 20 heavy (non-hydrogen) atoms. The van der Waals surface area contributed by atoms with Gasteiger partial charge in [-0.15, -0.1) is 0 Å². The van der Waals surface area contributed by atoms with E-state index >= 15 is 0 Å². The normalized spacial score (nSPS) is 11.5. The molecule has 0 aliphatic rings. The Morgan fingerprint density at radius 3 is 2.75 bits per heavy atom. The van der Waals surface area contributed by atoms with Gasteiger partial charge >= 0.3 is 0 Å². The average molecular weight is 312 g/mol. The highest BCUT2D eigenvalue weighted by atomic mass is 35.5. The monoisotopic (exact) mass is 311 g/mol. The summed E-state index contributed by atoms with van der Waals surface area (Å²) in [7, 11) is -3.66. The SMILES string of the molecule is Cc1cc(Cl)c(N)cc1S(=O)(=O)NCc1ccccn1. The third-order valence-electron chi connectivity index (χ3n) is 2.75. The lowest BCUT2D eigenvalue weighted by Gasteiger charge is -2.10. The lowest BCUT2D eigenvalue weighted by Crippen LogP contribution is -2.24. The van der Waals surface area contributed by atoms with Crippen molar-refractivity contribution in [2.75, 3.05) is 5.73 Å². The summed E-state index contributed by atoms with van der Waals surface area (Å²) < 4.78 is 27.0. The second-order valence-electron chi connectivity index (χ2n) is 4.28. The predicted molar refractivity (Wildman–Crippen MR) is 78.9 cm³/mol. The third kappa shape index (κ3) is 3.27. The van der Waals surface area contributed by atoms with Crippen LogP contribution in [0.2, 0.25) is 5.02 Å². The molecular weight excluding hydrogens is 298 g/mol. The number of sulfonamides is 1. The van der Waals surface area contributed by atoms with Gasteiger partial charge in [0, 0.05) is 6.20 Å². The van der Waals surface area contributed by atoms with Crippen molar-refractivity contribution in [3.8, 4) is 0 Å². The second-order valence-corrected chi connectivity index (χ2v) is 6.43. The average Bonchev–Trinajstić information content (AvgIpc) is 2.42. The Kier molecular flexibility index (Phi) is 4.27. The number of nitrogens with zero attached hydrogens (tertiary/aromatic N) is 1. The van der Waals surface area contributed by atoms with Crippen LogP contribution in [0.5, 0.6) is 0 Å². The van der Waals surface area contributed by atoms with Crippen molar-refractivity contribution in [3.05, 3.63) is 52.8 Å². The predicted octanol–water partition coefficient (Wildman–Crippen LogP) is 2.10. The highest BCUT2D eigenvalue weighted by Gasteiger charge is 2.18. The molecule has 1 aromatic carbocycles. The third-order valence-corrected chi connectivity index (χ3v) is 4.62. The fourth-order valence-electron chi connectivity index (χ4n) is 1.71. The molecule has 0 aliphatic heterocycles. The zero-order chi connectivity index (χ0) is 14.8. The molecule has 0 saturated carbocycles. The van der Waals surface area contributed by atoms with Crippen molar-refractivity contribution in [3.63, 3.8) is 0 Å².